The molecule has 2 aromatic carbocycles. The predicted octanol–water partition coefficient (Wildman–Crippen LogP) is 10.8. The lowest BCUT2D eigenvalue weighted by Gasteiger charge is -2.33. The van der Waals surface area contributed by atoms with Crippen LogP contribution in [0.5, 0.6) is 11.5 Å². The van der Waals surface area contributed by atoms with Crippen LogP contribution in [0.4, 0.5) is 0 Å². The molecule has 0 heterocycles. The van der Waals surface area contributed by atoms with Crippen LogP contribution >= 0.6 is 45.2 Å². The van der Waals surface area contributed by atoms with E-state index in [1.807, 2.05) is 0 Å². The summed E-state index contributed by atoms with van der Waals surface area (Å²) in [7, 11) is 0. The highest BCUT2D eigenvalue weighted by Crippen LogP contribution is 2.40. The molecule has 0 saturated heterocycles. The highest BCUT2D eigenvalue weighted by atomic mass is 127. The van der Waals surface area contributed by atoms with Crippen molar-refractivity contribution >= 4 is 45.2 Å². The van der Waals surface area contributed by atoms with Crippen LogP contribution in [0.2, 0.25) is 0 Å². The molecule has 0 spiro atoms. The molecule has 4 heteroatoms. The van der Waals surface area contributed by atoms with Gasteiger partial charge < -0.3 is 9.47 Å². The van der Waals surface area contributed by atoms with Crippen molar-refractivity contribution in [2.45, 2.75) is 113 Å². The van der Waals surface area contributed by atoms with Gasteiger partial charge in [0.15, 0.2) is 0 Å². The van der Waals surface area contributed by atoms with Crippen LogP contribution in [0.3, 0.4) is 0 Å². The summed E-state index contributed by atoms with van der Waals surface area (Å²) in [4.78, 5) is 0. The quantitative estimate of drug-likeness (QED) is 0.179. The molecule has 0 bridgehead atoms. The monoisotopic (exact) mass is 732 g/mol. The van der Waals surface area contributed by atoms with Crippen molar-refractivity contribution in [3.63, 3.8) is 0 Å². The van der Waals surface area contributed by atoms with Gasteiger partial charge in [0.2, 0.25) is 0 Å². The Morgan fingerprint density at radius 3 is 1.16 bits per heavy atom. The molecule has 208 valence electrons. The SMILES string of the molecule is Cc1cc(C(C)(C)CC(C)(C)C)cc(I)c1OCCCOc1c(C)cc(C(C)(C)CC(C)(C)C)cc1I. The molecule has 0 amide bonds. The number of hydrogen-bond acceptors (Lipinski definition) is 2. The number of benzene rings is 2. The van der Waals surface area contributed by atoms with Crippen LogP contribution in [0.1, 0.15) is 111 Å². The normalized spacial score (nSPS) is 13.1. The van der Waals surface area contributed by atoms with Crippen molar-refractivity contribution in [3.8, 4) is 11.5 Å². The number of halogens is 2. The van der Waals surface area contributed by atoms with E-state index in [1.165, 1.54) is 29.4 Å². The number of ether oxygens (including phenoxy) is 2. The Bertz CT molecular complexity index is 937. The summed E-state index contributed by atoms with van der Waals surface area (Å²) in [5.41, 5.74) is 6.03. The smallest absolute Gasteiger partial charge is 0.135 e. The van der Waals surface area contributed by atoms with E-state index >= 15 is 0 Å². The van der Waals surface area contributed by atoms with E-state index in [4.69, 9.17) is 9.47 Å². The van der Waals surface area contributed by atoms with E-state index in [9.17, 15) is 0 Å². The van der Waals surface area contributed by atoms with E-state index < -0.39 is 0 Å². The Balaban J connectivity index is 2.00. The Morgan fingerprint density at radius 1 is 0.568 bits per heavy atom. The van der Waals surface area contributed by atoms with Crippen molar-refractivity contribution < 1.29 is 9.47 Å². The van der Waals surface area contributed by atoms with Crippen LogP contribution in [0, 0.1) is 31.8 Å². The molecular weight excluding hydrogens is 682 g/mol. The summed E-state index contributed by atoms with van der Waals surface area (Å²) in [5, 5.41) is 0. The molecule has 0 aromatic heterocycles. The standard InChI is InChI=1S/C33H50I2O2/c1-22-16-24(32(9,10)20-30(3,4)5)18-26(34)28(22)36-14-13-15-37-29-23(2)17-25(19-27(29)35)33(11,12)21-31(6,7)8/h16-19H,13-15,20-21H2,1-12H3. The second kappa shape index (κ2) is 12.3. The van der Waals surface area contributed by atoms with Gasteiger partial charge >= 0.3 is 0 Å². The highest BCUT2D eigenvalue weighted by molar-refractivity contribution is 14.1. The molecule has 0 unspecified atom stereocenters. The third-order valence-electron chi connectivity index (χ3n) is 6.75. The van der Waals surface area contributed by atoms with Gasteiger partial charge in [0, 0.05) is 6.42 Å². The van der Waals surface area contributed by atoms with Crippen molar-refractivity contribution in [2.75, 3.05) is 13.2 Å². The van der Waals surface area contributed by atoms with Gasteiger partial charge in [0.1, 0.15) is 11.5 Å². The average molecular weight is 733 g/mol. The fraction of sp³-hybridized carbons (Fsp3) is 0.636. The second-order valence-corrected chi connectivity index (χ2v) is 16.8. The van der Waals surface area contributed by atoms with Crippen molar-refractivity contribution in [3.05, 3.63) is 53.7 Å². The van der Waals surface area contributed by atoms with Gasteiger partial charge in [-0.3, -0.25) is 0 Å². The molecule has 0 aliphatic heterocycles. The van der Waals surface area contributed by atoms with E-state index in [2.05, 4.69) is 153 Å². The minimum atomic E-state index is 0.127. The van der Waals surface area contributed by atoms with Gasteiger partial charge in [-0.05, 0) is 128 Å². The summed E-state index contributed by atoms with van der Waals surface area (Å²) in [6.07, 6.45) is 3.13. The number of hydrogen-bond donors (Lipinski definition) is 0. The van der Waals surface area contributed by atoms with Crippen LogP contribution in [0.25, 0.3) is 0 Å². The van der Waals surface area contributed by atoms with Crippen molar-refractivity contribution in [1.29, 1.82) is 0 Å². The van der Waals surface area contributed by atoms with Gasteiger partial charge in [-0.1, -0.05) is 81.4 Å². The van der Waals surface area contributed by atoms with Gasteiger partial charge in [-0.15, -0.1) is 0 Å². The lowest BCUT2D eigenvalue weighted by Crippen LogP contribution is -2.25. The third-order valence-corrected chi connectivity index (χ3v) is 8.35. The zero-order valence-electron chi connectivity index (χ0n) is 25.4. The maximum atomic E-state index is 6.26. The first-order chi connectivity index (χ1) is 16.7. The molecule has 2 nitrogen and oxygen atoms in total. The first kappa shape index (κ1) is 32.7. The largest absolute Gasteiger partial charge is 0.492 e. The van der Waals surface area contributed by atoms with E-state index in [1.54, 1.807) is 0 Å². The zero-order chi connectivity index (χ0) is 28.4. The minimum Gasteiger partial charge on any atom is -0.492 e. The minimum absolute atomic E-state index is 0.127. The van der Waals surface area contributed by atoms with Gasteiger partial charge in [-0.2, -0.15) is 0 Å². The molecule has 0 saturated carbocycles. The van der Waals surface area contributed by atoms with Crippen LogP contribution < -0.4 is 9.47 Å². The molecule has 2 aromatic rings. The molecule has 0 N–H and O–H groups in total. The van der Waals surface area contributed by atoms with E-state index in [0.717, 1.165) is 30.8 Å². The predicted molar refractivity (Wildman–Crippen MR) is 178 cm³/mol. The van der Waals surface area contributed by atoms with E-state index in [-0.39, 0.29) is 21.7 Å². The fourth-order valence-electron chi connectivity index (χ4n) is 5.87. The summed E-state index contributed by atoms with van der Waals surface area (Å²) in [5.74, 6) is 2.01. The lowest BCUT2D eigenvalue weighted by atomic mass is 9.72. The molecule has 0 fully saturated rings. The summed E-state index contributed by atoms with van der Waals surface area (Å²) < 4.78 is 14.9. The van der Waals surface area contributed by atoms with Crippen molar-refractivity contribution in [1.82, 2.24) is 0 Å². The van der Waals surface area contributed by atoms with Crippen LogP contribution in [0.15, 0.2) is 24.3 Å². The summed E-state index contributed by atoms with van der Waals surface area (Å²) >= 11 is 4.86. The maximum absolute atomic E-state index is 6.26. The zero-order valence-corrected chi connectivity index (χ0v) is 29.7. The first-order valence-electron chi connectivity index (χ1n) is 13.6. The van der Waals surface area contributed by atoms with Crippen LogP contribution in [-0.2, 0) is 10.8 Å². The molecule has 0 aliphatic rings. The topological polar surface area (TPSA) is 18.5 Å². The van der Waals surface area contributed by atoms with Gasteiger partial charge in [0.05, 0.1) is 20.4 Å². The molecule has 0 aliphatic carbocycles. The Labute approximate surface area is 255 Å². The average Bonchev–Trinajstić information content (AvgIpc) is 2.67. The highest BCUT2D eigenvalue weighted by Gasteiger charge is 2.29. The molecule has 2 rings (SSSR count). The molecular formula is C33H50I2O2. The summed E-state index contributed by atoms with van der Waals surface area (Å²) in [6, 6.07) is 9.24. The van der Waals surface area contributed by atoms with Crippen molar-refractivity contribution in [2.24, 2.45) is 10.8 Å². The lowest BCUT2D eigenvalue weighted by molar-refractivity contribution is 0.243. The Kier molecular flexibility index (Phi) is 10.9. The van der Waals surface area contributed by atoms with Crippen LogP contribution in [-0.4, -0.2) is 13.2 Å². The van der Waals surface area contributed by atoms with E-state index in [0.29, 0.717) is 13.2 Å². The first-order valence-corrected chi connectivity index (χ1v) is 15.7. The maximum Gasteiger partial charge on any atom is 0.135 e. The fourth-order valence-corrected chi connectivity index (χ4v) is 7.71. The van der Waals surface area contributed by atoms with Gasteiger partial charge in [0.25, 0.3) is 0 Å². The molecule has 37 heavy (non-hydrogen) atoms. The second-order valence-electron chi connectivity index (χ2n) is 14.5. The Hall–Kier alpha value is -0.500. The Morgan fingerprint density at radius 2 is 0.892 bits per heavy atom. The molecule has 0 atom stereocenters. The number of aryl methyl sites for hydroxylation is 2. The number of rotatable bonds is 10. The third kappa shape index (κ3) is 9.88. The molecule has 0 radical (unpaired) electrons. The summed E-state index contributed by atoms with van der Waals surface area (Å²) in [6.45, 7) is 28.9. The van der Waals surface area contributed by atoms with Gasteiger partial charge in [-0.25, -0.2) is 0 Å².